The van der Waals surface area contributed by atoms with Crippen LogP contribution in [0.1, 0.15) is 11.1 Å². The molecule has 0 spiro atoms. The standard InChI is InChI=1S/C23H19N3O4S2/c27-20(24-11-16-6-7-18-19(10-16)30-14-29-18)13-32-23-25-17-8-9-31-21(17)22(28)26(23)12-15-4-2-1-3-5-15/h1-10H,11-14H2,(H,24,27). The van der Waals surface area contributed by atoms with E-state index < -0.39 is 0 Å². The van der Waals surface area contributed by atoms with Gasteiger partial charge >= 0.3 is 0 Å². The van der Waals surface area contributed by atoms with Crippen LogP contribution in [0.3, 0.4) is 0 Å². The number of fused-ring (bicyclic) bond motifs is 2. The van der Waals surface area contributed by atoms with Crippen LogP contribution in [0.5, 0.6) is 11.5 Å². The Bertz CT molecular complexity index is 1330. The number of hydrogen-bond acceptors (Lipinski definition) is 7. The second kappa shape index (κ2) is 9.05. The molecule has 0 bridgehead atoms. The highest BCUT2D eigenvalue weighted by Gasteiger charge is 2.16. The number of rotatable bonds is 7. The molecule has 5 rings (SSSR count). The summed E-state index contributed by atoms with van der Waals surface area (Å²) >= 11 is 2.64. The Morgan fingerprint density at radius 1 is 1.09 bits per heavy atom. The number of nitrogens with one attached hydrogen (secondary N) is 1. The zero-order valence-corrected chi connectivity index (χ0v) is 18.6. The van der Waals surface area contributed by atoms with E-state index in [1.165, 1.54) is 23.1 Å². The van der Waals surface area contributed by atoms with Crippen molar-refractivity contribution in [2.45, 2.75) is 18.2 Å². The monoisotopic (exact) mass is 465 g/mol. The number of carbonyl (C=O) groups is 1. The van der Waals surface area contributed by atoms with Gasteiger partial charge in [-0.3, -0.25) is 14.2 Å². The van der Waals surface area contributed by atoms with Gasteiger partial charge < -0.3 is 14.8 Å². The lowest BCUT2D eigenvalue weighted by molar-refractivity contribution is -0.118. The molecule has 0 radical (unpaired) electrons. The molecule has 4 aromatic rings. The van der Waals surface area contributed by atoms with E-state index in [2.05, 4.69) is 10.3 Å². The molecule has 0 aliphatic carbocycles. The summed E-state index contributed by atoms with van der Waals surface area (Å²) in [6, 6.07) is 17.2. The number of amides is 1. The number of thiophene rings is 1. The fourth-order valence-electron chi connectivity index (χ4n) is 3.37. The van der Waals surface area contributed by atoms with Crippen LogP contribution >= 0.6 is 23.1 Å². The maximum Gasteiger partial charge on any atom is 0.272 e. The maximum atomic E-state index is 13.1. The summed E-state index contributed by atoms with van der Waals surface area (Å²) in [4.78, 5) is 30.2. The minimum Gasteiger partial charge on any atom is -0.454 e. The Balaban J connectivity index is 1.29. The van der Waals surface area contributed by atoms with Crippen molar-refractivity contribution in [2.75, 3.05) is 12.5 Å². The van der Waals surface area contributed by atoms with Crippen LogP contribution in [0.25, 0.3) is 10.2 Å². The summed E-state index contributed by atoms with van der Waals surface area (Å²) in [5.74, 6) is 1.41. The van der Waals surface area contributed by atoms with Crippen molar-refractivity contribution in [1.29, 1.82) is 0 Å². The van der Waals surface area contributed by atoms with Gasteiger partial charge in [-0.05, 0) is 34.7 Å². The third-order valence-corrected chi connectivity index (χ3v) is 6.84. The van der Waals surface area contributed by atoms with Gasteiger partial charge in [0.25, 0.3) is 5.56 Å². The normalized spacial score (nSPS) is 12.2. The van der Waals surface area contributed by atoms with Crippen molar-refractivity contribution in [2.24, 2.45) is 0 Å². The van der Waals surface area contributed by atoms with E-state index in [0.717, 1.165) is 11.1 Å². The van der Waals surface area contributed by atoms with Crippen LogP contribution in [0.2, 0.25) is 0 Å². The van der Waals surface area contributed by atoms with Crippen molar-refractivity contribution in [1.82, 2.24) is 14.9 Å². The largest absolute Gasteiger partial charge is 0.454 e. The average molecular weight is 466 g/mol. The minimum atomic E-state index is -0.140. The Morgan fingerprint density at radius 2 is 1.94 bits per heavy atom. The Morgan fingerprint density at radius 3 is 2.81 bits per heavy atom. The molecule has 0 saturated carbocycles. The summed E-state index contributed by atoms with van der Waals surface area (Å²) < 4.78 is 12.9. The highest BCUT2D eigenvalue weighted by molar-refractivity contribution is 7.99. The smallest absolute Gasteiger partial charge is 0.272 e. The Labute approximate surface area is 192 Å². The van der Waals surface area contributed by atoms with E-state index in [1.54, 1.807) is 4.57 Å². The first kappa shape index (κ1) is 20.6. The number of benzene rings is 2. The van der Waals surface area contributed by atoms with Gasteiger partial charge in [0.15, 0.2) is 16.7 Å². The first-order valence-corrected chi connectivity index (χ1v) is 11.8. The molecule has 0 fully saturated rings. The van der Waals surface area contributed by atoms with Gasteiger partial charge in [0, 0.05) is 6.54 Å². The molecular formula is C23H19N3O4S2. The highest BCUT2D eigenvalue weighted by Crippen LogP contribution is 2.32. The molecule has 9 heteroatoms. The van der Waals surface area contributed by atoms with Gasteiger partial charge in [-0.1, -0.05) is 48.2 Å². The molecule has 0 atom stereocenters. The summed E-state index contributed by atoms with van der Waals surface area (Å²) in [7, 11) is 0. The average Bonchev–Trinajstić information content (AvgIpc) is 3.48. The predicted molar refractivity (Wildman–Crippen MR) is 125 cm³/mol. The minimum absolute atomic E-state index is 0.0860. The number of aromatic nitrogens is 2. The Hall–Kier alpha value is -3.30. The maximum absolute atomic E-state index is 13.1. The third-order valence-electron chi connectivity index (χ3n) is 4.97. The van der Waals surface area contributed by atoms with E-state index in [9.17, 15) is 9.59 Å². The van der Waals surface area contributed by atoms with Crippen molar-refractivity contribution in [3.8, 4) is 11.5 Å². The van der Waals surface area contributed by atoms with E-state index >= 15 is 0 Å². The number of carbonyl (C=O) groups excluding carboxylic acids is 1. The van der Waals surface area contributed by atoms with Crippen LogP contribution in [-0.4, -0.2) is 28.0 Å². The zero-order valence-electron chi connectivity index (χ0n) is 16.9. The van der Waals surface area contributed by atoms with Gasteiger partial charge in [0.2, 0.25) is 12.7 Å². The second-order valence-corrected chi connectivity index (χ2v) is 9.02. The SMILES string of the molecule is O=C(CSc1nc2ccsc2c(=O)n1Cc1ccccc1)NCc1ccc2c(c1)OCO2. The third kappa shape index (κ3) is 4.35. The van der Waals surface area contributed by atoms with Crippen molar-refractivity contribution in [3.05, 3.63) is 81.5 Å². The molecule has 7 nitrogen and oxygen atoms in total. The lowest BCUT2D eigenvalue weighted by Crippen LogP contribution is -2.26. The Kier molecular flexibility index (Phi) is 5.83. The number of hydrogen-bond donors (Lipinski definition) is 1. The fourth-order valence-corrected chi connectivity index (χ4v) is 4.98. The summed E-state index contributed by atoms with van der Waals surface area (Å²) in [6.45, 7) is 0.999. The molecule has 1 aliphatic rings. The molecule has 0 saturated heterocycles. The quantitative estimate of drug-likeness (QED) is 0.331. The van der Waals surface area contributed by atoms with Crippen molar-refractivity contribution < 1.29 is 14.3 Å². The van der Waals surface area contributed by atoms with Gasteiger partial charge in [-0.15, -0.1) is 11.3 Å². The van der Waals surface area contributed by atoms with Crippen molar-refractivity contribution >= 4 is 39.2 Å². The summed E-state index contributed by atoms with van der Waals surface area (Å²) in [5.41, 5.74) is 2.50. The van der Waals surface area contributed by atoms with Crippen LogP contribution < -0.4 is 20.3 Å². The first-order chi connectivity index (χ1) is 15.7. The molecule has 32 heavy (non-hydrogen) atoms. The van der Waals surface area contributed by atoms with Gasteiger partial charge in [-0.2, -0.15) is 0 Å². The highest BCUT2D eigenvalue weighted by atomic mass is 32.2. The molecule has 3 heterocycles. The van der Waals surface area contributed by atoms with Crippen LogP contribution in [-0.2, 0) is 17.9 Å². The topological polar surface area (TPSA) is 82.5 Å². The molecule has 0 unspecified atom stereocenters. The first-order valence-electron chi connectivity index (χ1n) is 9.97. The molecule has 1 N–H and O–H groups in total. The van der Waals surface area contributed by atoms with Gasteiger partial charge in [-0.25, -0.2) is 4.98 Å². The molecular weight excluding hydrogens is 446 g/mol. The van der Waals surface area contributed by atoms with Gasteiger partial charge in [0.05, 0.1) is 17.8 Å². The number of nitrogens with zero attached hydrogens (tertiary/aromatic N) is 2. The van der Waals surface area contributed by atoms with Crippen molar-refractivity contribution in [3.63, 3.8) is 0 Å². The van der Waals surface area contributed by atoms with Crippen LogP contribution in [0.15, 0.2) is 69.9 Å². The molecule has 1 aliphatic heterocycles. The summed E-state index contributed by atoms with van der Waals surface area (Å²) in [5, 5.41) is 5.30. The van der Waals surface area contributed by atoms with E-state index in [-0.39, 0.29) is 24.0 Å². The van der Waals surface area contributed by atoms with E-state index in [1.807, 2.05) is 60.0 Å². The zero-order chi connectivity index (χ0) is 21.9. The van der Waals surface area contributed by atoms with E-state index in [4.69, 9.17) is 9.47 Å². The van der Waals surface area contributed by atoms with Crippen LogP contribution in [0.4, 0.5) is 0 Å². The summed E-state index contributed by atoms with van der Waals surface area (Å²) in [6.07, 6.45) is 0. The predicted octanol–water partition coefficient (Wildman–Crippen LogP) is 3.64. The lowest BCUT2D eigenvalue weighted by Gasteiger charge is -2.12. The molecule has 2 aromatic heterocycles. The fraction of sp³-hybridized carbons (Fsp3) is 0.174. The number of thioether (sulfide) groups is 1. The number of ether oxygens (including phenoxy) is 2. The van der Waals surface area contributed by atoms with Gasteiger partial charge in [0.1, 0.15) is 4.70 Å². The molecule has 162 valence electrons. The lowest BCUT2D eigenvalue weighted by atomic mass is 10.2. The van der Waals surface area contributed by atoms with E-state index in [0.29, 0.717) is 40.0 Å². The molecule has 1 amide bonds. The second-order valence-electron chi connectivity index (χ2n) is 7.16. The van der Waals surface area contributed by atoms with Crippen LogP contribution in [0, 0.1) is 0 Å². The molecule has 2 aromatic carbocycles.